The van der Waals surface area contributed by atoms with Crippen LogP contribution < -0.4 is 26.6 Å². The molecule has 1 saturated carbocycles. The number of hydrogen-bond acceptors (Lipinski definition) is 12. The standard InChI is InChI=1S/C51H62N10O5S/c1-50(52)20-23-60(24-21-50)43-29-55-46(30-54-43)67-39-8-6-7-38(26-39)57-44(62)9-4-2-3-5-22-59-32-51(33-59)18-16-35(17-19-51)36-11-13-41(53-28-36)47(64)56-27-34-10-12-40-37(25-34)31-61(49(40)66)42-14-15-45(63)58-48(42)65/h6-8,10-13,25-26,28-30,35,42H,2-5,9,14-24,27,31-33,52H2,1H3,(H,56,64)(H,57,62)(H,58,63,65). The van der Waals surface area contributed by atoms with E-state index in [1.807, 2.05) is 67.1 Å². The van der Waals surface area contributed by atoms with Crippen LogP contribution in [0, 0.1) is 5.41 Å². The third-order valence-electron chi connectivity index (χ3n) is 14.5. The van der Waals surface area contributed by atoms with E-state index in [2.05, 4.69) is 47.6 Å². The first-order valence-electron chi connectivity index (χ1n) is 24.0. The van der Waals surface area contributed by atoms with Crippen LogP contribution in [0.3, 0.4) is 0 Å². The molecule has 3 saturated heterocycles. The molecule has 4 aromatic rings. The van der Waals surface area contributed by atoms with Crippen molar-refractivity contribution in [3.63, 3.8) is 0 Å². The summed E-state index contributed by atoms with van der Waals surface area (Å²) >= 11 is 1.53. The number of amides is 5. The molecule has 0 radical (unpaired) electrons. The van der Waals surface area contributed by atoms with Gasteiger partial charge in [-0.3, -0.25) is 34.3 Å². The van der Waals surface area contributed by atoms with Gasteiger partial charge in [0.05, 0.1) is 12.4 Å². The van der Waals surface area contributed by atoms with Gasteiger partial charge in [-0.25, -0.2) is 9.97 Å². The summed E-state index contributed by atoms with van der Waals surface area (Å²) in [5, 5.41) is 9.18. The van der Waals surface area contributed by atoms with Gasteiger partial charge in [-0.1, -0.05) is 48.9 Å². The molecule has 1 spiro atoms. The molecular formula is C51H62N10O5S. The van der Waals surface area contributed by atoms with Gasteiger partial charge in [0.1, 0.15) is 22.6 Å². The number of pyridine rings is 1. The van der Waals surface area contributed by atoms with E-state index in [-0.39, 0.29) is 42.1 Å². The van der Waals surface area contributed by atoms with Crippen molar-refractivity contribution in [2.45, 2.75) is 131 Å². The van der Waals surface area contributed by atoms with Gasteiger partial charge in [0, 0.05) is 80.0 Å². The molecule has 5 amide bonds. The van der Waals surface area contributed by atoms with E-state index in [0.29, 0.717) is 42.0 Å². The number of unbranched alkanes of at least 4 members (excludes halogenated alkanes) is 3. The number of nitrogens with zero attached hydrogens (tertiary/aromatic N) is 6. The molecule has 4 aliphatic heterocycles. The van der Waals surface area contributed by atoms with Crippen molar-refractivity contribution in [1.29, 1.82) is 0 Å². The van der Waals surface area contributed by atoms with E-state index < -0.39 is 11.9 Å². The van der Waals surface area contributed by atoms with Gasteiger partial charge in [0.15, 0.2) is 0 Å². The first kappa shape index (κ1) is 46.4. The number of benzene rings is 2. The van der Waals surface area contributed by atoms with E-state index in [1.165, 1.54) is 48.2 Å². The normalized spacial score (nSPS) is 20.3. The molecule has 4 fully saturated rings. The zero-order valence-electron chi connectivity index (χ0n) is 38.4. The molecule has 1 aliphatic carbocycles. The van der Waals surface area contributed by atoms with Gasteiger partial charge in [-0.2, -0.15) is 0 Å². The lowest BCUT2D eigenvalue weighted by molar-refractivity contribution is -0.137. The Bertz CT molecular complexity index is 2460. The van der Waals surface area contributed by atoms with Crippen LogP contribution >= 0.6 is 11.8 Å². The number of nitrogens with one attached hydrogen (secondary N) is 3. The molecule has 1 atom stereocenters. The Kier molecular flexibility index (Phi) is 14.0. The number of anilines is 2. The molecule has 15 nitrogen and oxygen atoms in total. The lowest BCUT2D eigenvalue weighted by Crippen LogP contribution is -2.57. The van der Waals surface area contributed by atoms with Crippen molar-refractivity contribution in [3.05, 3.63) is 101 Å². The highest BCUT2D eigenvalue weighted by molar-refractivity contribution is 7.99. The third-order valence-corrected chi connectivity index (χ3v) is 15.4. The van der Waals surface area contributed by atoms with Crippen LogP contribution in [0.5, 0.6) is 0 Å². The predicted molar refractivity (Wildman–Crippen MR) is 256 cm³/mol. The Balaban J connectivity index is 0.625. The Labute approximate surface area is 396 Å². The summed E-state index contributed by atoms with van der Waals surface area (Å²) in [5.74, 6) is 0.156. The maximum atomic E-state index is 13.1. The number of fused-ring (bicyclic) bond motifs is 1. The summed E-state index contributed by atoms with van der Waals surface area (Å²) in [6.07, 6.45) is 17.3. The van der Waals surface area contributed by atoms with E-state index >= 15 is 0 Å². The zero-order valence-corrected chi connectivity index (χ0v) is 39.3. The van der Waals surface area contributed by atoms with Crippen molar-refractivity contribution in [1.82, 2.24) is 35.4 Å². The molecule has 1 unspecified atom stereocenters. The lowest BCUT2D eigenvalue weighted by atomic mass is 9.65. The Morgan fingerprint density at radius 2 is 1.69 bits per heavy atom. The van der Waals surface area contributed by atoms with Gasteiger partial charge in [-0.05, 0) is 130 Å². The summed E-state index contributed by atoms with van der Waals surface area (Å²) in [7, 11) is 0. The molecule has 5 N–H and O–H groups in total. The van der Waals surface area contributed by atoms with Crippen molar-refractivity contribution in [2.24, 2.45) is 11.1 Å². The summed E-state index contributed by atoms with van der Waals surface area (Å²) in [4.78, 5) is 84.1. The maximum absolute atomic E-state index is 13.1. The minimum absolute atomic E-state index is 0.0476. The number of rotatable bonds is 16. The number of likely N-dealkylation sites (tertiary alicyclic amines) is 1. The van der Waals surface area contributed by atoms with Gasteiger partial charge in [-0.15, -0.1) is 0 Å². The lowest BCUT2D eigenvalue weighted by Gasteiger charge is -2.54. The van der Waals surface area contributed by atoms with Crippen molar-refractivity contribution < 1.29 is 24.0 Å². The van der Waals surface area contributed by atoms with Crippen LogP contribution in [0.15, 0.2) is 83.1 Å². The van der Waals surface area contributed by atoms with Crippen LogP contribution in [0.25, 0.3) is 0 Å². The molecule has 67 heavy (non-hydrogen) atoms. The minimum Gasteiger partial charge on any atom is -0.355 e. The predicted octanol–water partition coefficient (Wildman–Crippen LogP) is 6.58. The number of aromatic nitrogens is 3. The number of hydrogen-bond donors (Lipinski definition) is 4. The maximum Gasteiger partial charge on any atom is 0.270 e. The summed E-state index contributed by atoms with van der Waals surface area (Å²) < 4.78 is 0. The number of piperidine rings is 2. The molecular weight excluding hydrogens is 865 g/mol. The quantitative estimate of drug-likeness (QED) is 0.0698. The smallest absolute Gasteiger partial charge is 0.270 e. The molecule has 352 valence electrons. The van der Waals surface area contributed by atoms with Crippen LogP contribution in [-0.2, 0) is 27.5 Å². The topological polar surface area (TPSA) is 196 Å². The second-order valence-corrected chi connectivity index (χ2v) is 20.8. The van der Waals surface area contributed by atoms with Crippen LogP contribution in [0.4, 0.5) is 11.5 Å². The van der Waals surface area contributed by atoms with Gasteiger partial charge < -0.3 is 31.1 Å². The fourth-order valence-corrected chi connectivity index (χ4v) is 11.2. The Morgan fingerprint density at radius 1 is 0.881 bits per heavy atom. The zero-order chi connectivity index (χ0) is 46.5. The Hall–Kier alpha value is -5.71. The molecule has 2 aromatic heterocycles. The van der Waals surface area contributed by atoms with Crippen LogP contribution in [0.2, 0.25) is 0 Å². The summed E-state index contributed by atoms with van der Waals surface area (Å²) in [6.45, 7) is 7.90. The SMILES string of the molecule is CC1(N)CCN(c2cnc(Sc3cccc(NC(=O)CCCCCCN4CC5(CCC(c6ccc(C(=O)NCc7ccc8c(c7)CN(C7CCC(=O)NC7=O)C8=O)nc6)CC5)C4)c3)cn2)CC1. The third kappa shape index (κ3) is 11.4. The number of carbonyl (C=O) groups is 5. The molecule has 16 heteroatoms. The van der Waals surface area contributed by atoms with Gasteiger partial charge >= 0.3 is 0 Å². The van der Waals surface area contributed by atoms with Gasteiger partial charge in [0.25, 0.3) is 11.8 Å². The number of nitrogens with two attached hydrogens (primary N) is 1. The highest BCUT2D eigenvalue weighted by Crippen LogP contribution is 2.48. The molecule has 0 bridgehead atoms. The second-order valence-electron chi connectivity index (χ2n) is 19.7. The highest BCUT2D eigenvalue weighted by Gasteiger charge is 2.45. The average Bonchev–Trinajstić information content (AvgIpc) is 3.63. The largest absolute Gasteiger partial charge is 0.355 e. The average molecular weight is 927 g/mol. The summed E-state index contributed by atoms with van der Waals surface area (Å²) in [5.41, 5.74) is 11.1. The fraction of sp³-hybridized carbons (Fsp3) is 0.490. The van der Waals surface area contributed by atoms with Crippen LogP contribution in [-0.4, -0.2) is 98.6 Å². The van der Waals surface area contributed by atoms with Crippen molar-refractivity contribution in [2.75, 3.05) is 42.9 Å². The number of carbonyl (C=O) groups excluding carboxylic acids is 5. The van der Waals surface area contributed by atoms with Crippen molar-refractivity contribution in [3.8, 4) is 0 Å². The second kappa shape index (κ2) is 20.3. The van der Waals surface area contributed by atoms with E-state index in [0.717, 1.165) is 104 Å². The fourth-order valence-electron chi connectivity index (χ4n) is 10.5. The number of imide groups is 1. The highest BCUT2D eigenvalue weighted by atomic mass is 32.2. The van der Waals surface area contributed by atoms with E-state index in [9.17, 15) is 24.0 Å². The molecule has 5 aliphatic rings. The molecule has 2 aromatic carbocycles. The van der Waals surface area contributed by atoms with Crippen LogP contribution in [0.1, 0.15) is 134 Å². The monoisotopic (exact) mass is 926 g/mol. The van der Waals surface area contributed by atoms with E-state index in [4.69, 9.17) is 5.73 Å². The first-order chi connectivity index (χ1) is 32.4. The summed E-state index contributed by atoms with van der Waals surface area (Å²) in [6, 6.07) is 16.6. The van der Waals surface area contributed by atoms with E-state index in [1.54, 1.807) is 6.07 Å². The van der Waals surface area contributed by atoms with Crippen molar-refractivity contribution >= 4 is 52.8 Å². The molecule has 9 rings (SSSR count). The Morgan fingerprint density at radius 3 is 2.43 bits per heavy atom. The van der Waals surface area contributed by atoms with Gasteiger partial charge in [0.2, 0.25) is 17.7 Å². The first-order valence-corrected chi connectivity index (χ1v) is 24.9. The minimum atomic E-state index is -0.662. The molecule has 6 heterocycles.